The van der Waals surface area contributed by atoms with Crippen molar-refractivity contribution in [3.05, 3.63) is 60.2 Å². The van der Waals surface area contributed by atoms with Crippen LogP contribution in [0.1, 0.15) is 17.7 Å². The van der Waals surface area contributed by atoms with Gasteiger partial charge in [0.05, 0.1) is 19.4 Å². The van der Waals surface area contributed by atoms with E-state index < -0.39 is 5.25 Å². The average molecular weight is 370 g/mol. The molecule has 26 heavy (non-hydrogen) atoms. The Kier molecular flexibility index (Phi) is 5.85. The van der Waals surface area contributed by atoms with Crippen LogP contribution in [0.15, 0.2) is 59.8 Å². The normalized spacial score (nSPS) is 11.8. The van der Waals surface area contributed by atoms with E-state index in [1.807, 2.05) is 54.6 Å². The lowest BCUT2D eigenvalue weighted by atomic mass is 10.1. The smallest absolute Gasteiger partial charge is 0.324 e. The van der Waals surface area contributed by atoms with Crippen molar-refractivity contribution in [1.82, 2.24) is 20.2 Å². The lowest BCUT2D eigenvalue weighted by molar-refractivity contribution is -0.142. The van der Waals surface area contributed by atoms with Crippen LogP contribution in [0.5, 0.6) is 5.75 Å². The Bertz CT molecular complexity index is 852. The molecule has 1 heterocycles. The van der Waals surface area contributed by atoms with Crippen molar-refractivity contribution < 1.29 is 14.3 Å². The van der Waals surface area contributed by atoms with Gasteiger partial charge in [-0.15, -0.1) is 5.10 Å². The molecule has 0 radical (unpaired) electrons. The van der Waals surface area contributed by atoms with Crippen LogP contribution in [-0.2, 0) is 9.53 Å². The summed E-state index contributed by atoms with van der Waals surface area (Å²) in [5.41, 5.74) is 1.61. The molecule has 0 bridgehead atoms. The van der Waals surface area contributed by atoms with Gasteiger partial charge in [-0.3, -0.25) is 4.79 Å². The average Bonchev–Trinajstić information content (AvgIpc) is 3.15. The minimum atomic E-state index is -0.556. The molecule has 0 spiro atoms. The third-order valence-corrected chi connectivity index (χ3v) is 4.75. The highest BCUT2D eigenvalue weighted by Gasteiger charge is 2.26. The van der Waals surface area contributed by atoms with Crippen LogP contribution in [0.4, 0.5) is 0 Å². The van der Waals surface area contributed by atoms with E-state index in [0.717, 1.165) is 17.0 Å². The summed E-state index contributed by atoms with van der Waals surface area (Å²) >= 11 is 1.25. The van der Waals surface area contributed by atoms with Crippen molar-refractivity contribution in [2.24, 2.45) is 0 Å². The molecule has 0 saturated carbocycles. The number of hydrogen-bond donors (Lipinski definition) is 0. The number of thioether (sulfide) groups is 1. The van der Waals surface area contributed by atoms with Crippen LogP contribution < -0.4 is 4.74 Å². The van der Waals surface area contributed by atoms with Crippen LogP contribution in [-0.4, -0.2) is 39.9 Å². The predicted octanol–water partition coefficient (Wildman–Crippen LogP) is 3.07. The van der Waals surface area contributed by atoms with Crippen LogP contribution in [0.2, 0.25) is 0 Å². The number of hydrogen-bond acceptors (Lipinski definition) is 7. The number of rotatable bonds is 7. The highest BCUT2D eigenvalue weighted by atomic mass is 32.2. The van der Waals surface area contributed by atoms with Crippen LogP contribution in [0.3, 0.4) is 0 Å². The molecule has 0 saturated heterocycles. The number of carbonyl (C=O) groups excluding carboxylic acids is 1. The SMILES string of the molecule is CCOC(=O)[C@@H](Sc1nnnn1-c1ccc(OC)cc1)c1ccccc1. The van der Waals surface area contributed by atoms with Gasteiger partial charge in [0.1, 0.15) is 11.0 Å². The quantitative estimate of drug-likeness (QED) is 0.467. The Labute approximate surface area is 155 Å². The monoisotopic (exact) mass is 370 g/mol. The molecule has 2 aromatic carbocycles. The largest absolute Gasteiger partial charge is 0.497 e. The molecule has 0 unspecified atom stereocenters. The summed E-state index contributed by atoms with van der Waals surface area (Å²) in [6, 6.07) is 16.8. The summed E-state index contributed by atoms with van der Waals surface area (Å²) in [6.45, 7) is 2.10. The van der Waals surface area contributed by atoms with Gasteiger partial charge in [-0.2, -0.15) is 4.68 Å². The Morgan fingerprint density at radius 1 is 1.15 bits per heavy atom. The van der Waals surface area contributed by atoms with Gasteiger partial charge in [0, 0.05) is 0 Å². The molecule has 0 N–H and O–H groups in total. The molecule has 134 valence electrons. The van der Waals surface area contributed by atoms with Crippen molar-refractivity contribution >= 4 is 17.7 Å². The summed E-state index contributed by atoms with van der Waals surface area (Å²) in [6.07, 6.45) is 0. The molecule has 0 amide bonds. The molecular weight excluding hydrogens is 352 g/mol. The van der Waals surface area contributed by atoms with E-state index in [1.165, 1.54) is 11.8 Å². The fourth-order valence-corrected chi connectivity index (χ4v) is 3.34. The number of methoxy groups -OCH3 is 1. The van der Waals surface area contributed by atoms with Gasteiger partial charge in [0.25, 0.3) is 0 Å². The zero-order valence-electron chi connectivity index (χ0n) is 14.4. The van der Waals surface area contributed by atoms with E-state index in [9.17, 15) is 4.79 Å². The van der Waals surface area contributed by atoms with E-state index in [0.29, 0.717) is 11.8 Å². The molecule has 7 nitrogen and oxygen atoms in total. The number of carbonyl (C=O) groups is 1. The second kappa shape index (κ2) is 8.48. The molecular formula is C18H18N4O3S. The summed E-state index contributed by atoms with van der Waals surface area (Å²) < 4.78 is 12.0. The van der Waals surface area contributed by atoms with Crippen LogP contribution >= 0.6 is 11.8 Å². The lowest BCUT2D eigenvalue weighted by Crippen LogP contribution is -2.14. The standard InChI is InChI=1S/C18H18N4O3S/c1-3-25-17(23)16(13-7-5-4-6-8-13)26-18-19-20-21-22(18)14-9-11-15(24-2)12-10-14/h4-12,16H,3H2,1-2H3/t16-/m0/s1. The third kappa shape index (κ3) is 4.02. The minimum absolute atomic E-state index is 0.312. The van der Waals surface area contributed by atoms with Gasteiger partial charge in [-0.25, -0.2) is 0 Å². The first kappa shape index (κ1) is 17.9. The number of benzene rings is 2. The molecule has 0 aliphatic heterocycles. The fourth-order valence-electron chi connectivity index (χ4n) is 2.34. The number of aromatic nitrogens is 4. The zero-order chi connectivity index (χ0) is 18.4. The molecule has 8 heteroatoms. The Morgan fingerprint density at radius 3 is 2.54 bits per heavy atom. The van der Waals surface area contributed by atoms with Crippen LogP contribution in [0.25, 0.3) is 5.69 Å². The van der Waals surface area contributed by atoms with Gasteiger partial charge in [-0.1, -0.05) is 42.1 Å². The van der Waals surface area contributed by atoms with Crippen molar-refractivity contribution in [3.63, 3.8) is 0 Å². The maximum atomic E-state index is 12.5. The lowest BCUT2D eigenvalue weighted by Gasteiger charge is -2.15. The van der Waals surface area contributed by atoms with Crippen molar-refractivity contribution in [3.8, 4) is 11.4 Å². The van der Waals surface area contributed by atoms with Crippen LogP contribution in [0, 0.1) is 0 Å². The second-order valence-corrected chi connectivity index (χ2v) is 6.30. The molecule has 1 aromatic heterocycles. The van der Waals surface area contributed by atoms with Crippen molar-refractivity contribution in [2.75, 3.05) is 13.7 Å². The fraction of sp³-hybridized carbons (Fsp3) is 0.222. The molecule has 0 fully saturated rings. The van der Waals surface area contributed by atoms with E-state index in [1.54, 1.807) is 18.7 Å². The Hall–Kier alpha value is -2.87. The first-order valence-electron chi connectivity index (χ1n) is 8.04. The minimum Gasteiger partial charge on any atom is -0.497 e. The van der Waals surface area contributed by atoms with Gasteiger partial charge in [0.2, 0.25) is 5.16 Å². The highest BCUT2D eigenvalue weighted by molar-refractivity contribution is 8.00. The van der Waals surface area contributed by atoms with Crippen molar-refractivity contribution in [1.29, 1.82) is 0 Å². The Morgan fingerprint density at radius 2 is 1.88 bits per heavy atom. The number of ether oxygens (including phenoxy) is 2. The highest BCUT2D eigenvalue weighted by Crippen LogP contribution is 2.35. The molecule has 1 atom stereocenters. The number of tetrazole rings is 1. The maximum absolute atomic E-state index is 12.5. The third-order valence-electron chi connectivity index (χ3n) is 3.58. The second-order valence-electron chi connectivity index (χ2n) is 5.23. The molecule has 3 rings (SSSR count). The summed E-state index contributed by atoms with van der Waals surface area (Å²) in [5, 5.41) is 11.8. The van der Waals surface area contributed by atoms with Gasteiger partial charge in [-0.05, 0) is 47.2 Å². The summed E-state index contributed by atoms with van der Waals surface area (Å²) in [4.78, 5) is 12.5. The predicted molar refractivity (Wildman–Crippen MR) is 97.4 cm³/mol. The van der Waals surface area contributed by atoms with Gasteiger partial charge in [0.15, 0.2) is 0 Å². The Balaban J connectivity index is 1.90. The molecule has 0 aliphatic carbocycles. The molecule has 3 aromatic rings. The summed E-state index contributed by atoms with van der Waals surface area (Å²) in [7, 11) is 1.61. The van der Waals surface area contributed by atoms with Crippen molar-refractivity contribution in [2.45, 2.75) is 17.3 Å². The number of esters is 1. The van der Waals surface area contributed by atoms with Gasteiger partial charge >= 0.3 is 5.97 Å². The van der Waals surface area contributed by atoms with E-state index >= 15 is 0 Å². The zero-order valence-corrected chi connectivity index (χ0v) is 15.2. The number of nitrogens with zero attached hydrogens (tertiary/aromatic N) is 4. The maximum Gasteiger partial charge on any atom is 0.324 e. The molecule has 0 aliphatic rings. The van der Waals surface area contributed by atoms with E-state index in [-0.39, 0.29) is 5.97 Å². The van der Waals surface area contributed by atoms with E-state index in [2.05, 4.69) is 15.5 Å². The van der Waals surface area contributed by atoms with Gasteiger partial charge < -0.3 is 9.47 Å². The first-order valence-corrected chi connectivity index (χ1v) is 8.92. The first-order chi connectivity index (χ1) is 12.7. The van der Waals surface area contributed by atoms with E-state index in [4.69, 9.17) is 9.47 Å². The topological polar surface area (TPSA) is 79.1 Å². The summed E-state index contributed by atoms with van der Waals surface area (Å²) in [5.74, 6) is 0.415.